The predicted molar refractivity (Wildman–Crippen MR) is 116 cm³/mol. The first kappa shape index (κ1) is 24.8. The number of carbonyl (C=O) groups excluding carboxylic acids is 1. The lowest BCUT2D eigenvalue weighted by atomic mass is 10.0. The fourth-order valence-electron chi connectivity index (χ4n) is 3.97. The van der Waals surface area contributed by atoms with Gasteiger partial charge in [0.1, 0.15) is 13.1 Å². The number of nitrogens with two attached hydrogens (primary N) is 1. The molecular weight excluding hydrogens is 350 g/mol. The Balaban J connectivity index is 2.02. The zero-order valence-corrected chi connectivity index (χ0v) is 18.2. The summed E-state index contributed by atoms with van der Waals surface area (Å²) >= 11 is 0. The molecular formula is C23H43N3O2. The van der Waals surface area contributed by atoms with Crippen LogP contribution < -0.4 is 10.8 Å². The molecule has 1 aliphatic heterocycles. The fraction of sp³-hybridized carbons (Fsp3) is 0.826. The van der Waals surface area contributed by atoms with Crippen LogP contribution in [0.4, 0.5) is 4.79 Å². The Morgan fingerprint density at radius 2 is 1.54 bits per heavy atom. The van der Waals surface area contributed by atoms with E-state index in [-0.39, 0.29) is 4.48 Å². The van der Waals surface area contributed by atoms with E-state index in [4.69, 9.17) is 5.73 Å². The molecule has 1 atom stereocenters. The number of hydrogen-bond acceptors (Lipinski definition) is 4. The summed E-state index contributed by atoms with van der Waals surface area (Å²) in [6, 6.07) is 0. The molecule has 0 spiro atoms. The maximum absolute atomic E-state index is 11.6. The van der Waals surface area contributed by atoms with Gasteiger partial charge in [-0.3, -0.25) is 0 Å². The van der Waals surface area contributed by atoms with Crippen molar-refractivity contribution >= 4 is 11.9 Å². The molecule has 1 heterocycles. The van der Waals surface area contributed by atoms with Crippen LogP contribution >= 0.6 is 0 Å². The van der Waals surface area contributed by atoms with Crippen LogP contribution in [0.2, 0.25) is 0 Å². The van der Waals surface area contributed by atoms with Gasteiger partial charge in [-0.1, -0.05) is 90.0 Å². The van der Waals surface area contributed by atoms with Crippen LogP contribution in [0.15, 0.2) is 17.1 Å². The molecule has 5 heteroatoms. The average Bonchev–Trinajstić information content (AvgIpc) is 3.09. The molecule has 0 aliphatic carbocycles. The van der Waals surface area contributed by atoms with Gasteiger partial charge in [-0.25, -0.2) is 9.48 Å². The van der Waals surface area contributed by atoms with Gasteiger partial charge in [0.05, 0.1) is 6.54 Å². The third-order valence-corrected chi connectivity index (χ3v) is 5.80. The second-order valence-corrected chi connectivity index (χ2v) is 8.14. The number of carboxylic acid groups (broad SMARTS) is 1. The van der Waals surface area contributed by atoms with E-state index in [1.54, 1.807) is 0 Å². The maximum Gasteiger partial charge on any atom is 0.264 e. The molecule has 1 amide bonds. The van der Waals surface area contributed by atoms with E-state index < -0.39 is 6.09 Å². The smallest absolute Gasteiger partial charge is 0.264 e. The second kappa shape index (κ2) is 15.7. The molecule has 0 aromatic rings. The molecule has 0 bridgehead atoms. The summed E-state index contributed by atoms with van der Waals surface area (Å²) in [4.78, 5) is 15.9. The van der Waals surface area contributed by atoms with Crippen molar-refractivity contribution in [1.82, 2.24) is 0 Å². The Morgan fingerprint density at radius 1 is 1.00 bits per heavy atom. The minimum atomic E-state index is -1.09. The Labute approximate surface area is 172 Å². The predicted octanol–water partition coefficient (Wildman–Crippen LogP) is 4.55. The minimum Gasteiger partial charge on any atom is -0.498 e. The van der Waals surface area contributed by atoms with Crippen molar-refractivity contribution in [3.63, 3.8) is 0 Å². The highest BCUT2D eigenvalue weighted by Crippen LogP contribution is 2.17. The van der Waals surface area contributed by atoms with E-state index in [0.717, 1.165) is 12.8 Å². The Kier molecular flexibility index (Phi) is 13.9. The van der Waals surface area contributed by atoms with E-state index in [1.165, 1.54) is 77.0 Å². The number of quaternary nitrogens is 1. The van der Waals surface area contributed by atoms with Gasteiger partial charge < -0.3 is 15.6 Å². The monoisotopic (exact) mass is 393 g/mol. The Hall–Kier alpha value is -1.20. The third kappa shape index (κ3) is 9.33. The summed E-state index contributed by atoms with van der Waals surface area (Å²) < 4.78 is -0.217. The van der Waals surface area contributed by atoms with Gasteiger partial charge in [0.25, 0.3) is 6.09 Å². The SMILES string of the molecule is CCCCCCCCCCCCCCCC=CC1=NCC[N+]1(CCN)C(=O)[O-]. The summed E-state index contributed by atoms with van der Waals surface area (Å²) in [7, 11) is 0. The number of aliphatic imine (C=N–C) groups is 1. The molecule has 1 unspecified atom stereocenters. The highest BCUT2D eigenvalue weighted by molar-refractivity contribution is 5.93. The standard InChI is InChI=1S/C23H43N3O2/c1-2-3-4-5-6-7-8-9-10-11-12-13-14-15-16-17-22-25-19-21-26(22,20-18-24)23(27)28/h16-17H,2-15,18-21,24H2,1H3. The van der Waals surface area contributed by atoms with E-state index in [9.17, 15) is 9.90 Å². The first-order chi connectivity index (χ1) is 13.7. The van der Waals surface area contributed by atoms with E-state index >= 15 is 0 Å². The molecule has 0 radical (unpaired) electrons. The van der Waals surface area contributed by atoms with Gasteiger partial charge in [0, 0.05) is 12.6 Å². The summed E-state index contributed by atoms with van der Waals surface area (Å²) in [5, 5.41) is 11.6. The number of carbonyl (C=O) groups is 1. The van der Waals surface area contributed by atoms with Crippen molar-refractivity contribution in [2.75, 3.05) is 26.2 Å². The van der Waals surface area contributed by atoms with E-state index in [2.05, 4.69) is 18.0 Å². The Morgan fingerprint density at radius 3 is 2.04 bits per heavy atom. The molecule has 5 nitrogen and oxygen atoms in total. The molecule has 0 aromatic heterocycles. The van der Waals surface area contributed by atoms with Crippen LogP contribution in [0.3, 0.4) is 0 Å². The third-order valence-electron chi connectivity index (χ3n) is 5.80. The van der Waals surface area contributed by atoms with Gasteiger partial charge in [-0.15, -0.1) is 0 Å². The molecule has 0 aromatic carbocycles. The zero-order chi connectivity index (χ0) is 20.5. The first-order valence-electron chi connectivity index (χ1n) is 11.7. The Bertz CT molecular complexity index is 476. The van der Waals surface area contributed by atoms with E-state index in [0.29, 0.717) is 32.0 Å². The number of hydrogen-bond donors (Lipinski definition) is 1. The van der Waals surface area contributed by atoms with Crippen LogP contribution in [0.5, 0.6) is 0 Å². The van der Waals surface area contributed by atoms with Gasteiger partial charge in [0.15, 0.2) is 0 Å². The van der Waals surface area contributed by atoms with Gasteiger partial charge >= 0.3 is 0 Å². The van der Waals surface area contributed by atoms with Crippen LogP contribution in [0, 0.1) is 0 Å². The molecule has 2 N–H and O–H groups in total. The van der Waals surface area contributed by atoms with E-state index in [1.807, 2.05) is 6.08 Å². The van der Waals surface area contributed by atoms with Crippen LogP contribution in [-0.2, 0) is 0 Å². The molecule has 1 aliphatic rings. The zero-order valence-electron chi connectivity index (χ0n) is 18.2. The summed E-state index contributed by atoms with van der Waals surface area (Å²) in [5.41, 5.74) is 5.59. The number of unbranched alkanes of at least 4 members (excludes halogenated alkanes) is 13. The summed E-state index contributed by atoms with van der Waals surface area (Å²) in [6.45, 7) is 3.93. The number of allylic oxidation sites excluding steroid dienone is 1. The molecule has 0 saturated carbocycles. The van der Waals surface area contributed by atoms with Gasteiger partial charge in [-0.05, 0) is 12.8 Å². The fourth-order valence-corrected chi connectivity index (χ4v) is 3.97. The number of rotatable bonds is 17. The highest BCUT2D eigenvalue weighted by Gasteiger charge is 2.38. The molecule has 1 rings (SSSR count). The number of amides is 1. The summed E-state index contributed by atoms with van der Waals surface area (Å²) in [5.74, 6) is 0.597. The van der Waals surface area contributed by atoms with Crippen molar-refractivity contribution < 1.29 is 14.4 Å². The first-order valence-corrected chi connectivity index (χ1v) is 11.7. The van der Waals surface area contributed by atoms with Gasteiger partial charge in [-0.2, -0.15) is 0 Å². The van der Waals surface area contributed by atoms with Gasteiger partial charge in [0.2, 0.25) is 5.84 Å². The number of amidine groups is 1. The average molecular weight is 394 g/mol. The lowest BCUT2D eigenvalue weighted by Crippen LogP contribution is -2.62. The molecule has 0 fully saturated rings. The summed E-state index contributed by atoms with van der Waals surface area (Å²) in [6.07, 6.45) is 21.4. The molecule has 28 heavy (non-hydrogen) atoms. The van der Waals surface area contributed by atoms with Crippen molar-refractivity contribution in [2.45, 2.75) is 96.8 Å². The normalized spacial score (nSPS) is 19.4. The van der Waals surface area contributed by atoms with Crippen LogP contribution in [0.1, 0.15) is 96.8 Å². The van der Waals surface area contributed by atoms with Crippen molar-refractivity contribution in [2.24, 2.45) is 10.7 Å². The quantitative estimate of drug-likeness (QED) is 0.291. The van der Waals surface area contributed by atoms with Crippen molar-refractivity contribution in [3.8, 4) is 0 Å². The van der Waals surface area contributed by atoms with Crippen LogP contribution in [0.25, 0.3) is 0 Å². The number of nitrogens with zero attached hydrogens (tertiary/aromatic N) is 2. The van der Waals surface area contributed by atoms with Crippen LogP contribution in [-0.4, -0.2) is 42.6 Å². The highest BCUT2D eigenvalue weighted by atomic mass is 16.4. The molecule has 162 valence electrons. The topological polar surface area (TPSA) is 78.5 Å². The van der Waals surface area contributed by atoms with Crippen molar-refractivity contribution in [3.05, 3.63) is 12.2 Å². The minimum absolute atomic E-state index is 0.217. The lowest BCUT2D eigenvalue weighted by molar-refractivity contribution is -0.782. The second-order valence-electron chi connectivity index (χ2n) is 8.14. The van der Waals surface area contributed by atoms with Crippen molar-refractivity contribution in [1.29, 1.82) is 0 Å². The maximum atomic E-state index is 11.6. The lowest BCUT2D eigenvalue weighted by Gasteiger charge is -2.32. The molecule has 0 saturated heterocycles. The largest absolute Gasteiger partial charge is 0.498 e.